The Kier molecular flexibility index (Phi) is 5.65. The molecular weight excluding hydrogens is 418 g/mol. The zero-order valence-electron chi connectivity index (χ0n) is 16.8. The summed E-state index contributed by atoms with van der Waals surface area (Å²) in [6, 6.07) is 17.1. The Morgan fingerprint density at radius 2 is 1.80 bits per heavy atom. The van der Waals surface area contributed by atoms with Gasteiger partial charge in [0.15, 0.2) is 0 Å². The minimum atomic E-state index is -0.143. The molecule has 6 nitrogen and oxygen atoms in total. The first-order chi connectivity index (χ1) is 14.4. The number of carbonyl (C=O) groups is 1. The molecule has 4 rings (SSSR count). The number of halogens is 1. The third-order valence-electron chi connectivity index (χ3n) is 4.82. The third-order valence-corrected chi connectivity index (χ3v) is 6.23. The van der Waals surface area contributed by atoms with Crippen molar-refractivity contribution in [1.29, 1.82) is 0 Å². The quantitative estimate of drug-likeness (QED) is 0.468. The molecule has 0 saturated heterocycles. The van der Waals surface area contributed by atoms with Crippen LogP contribution in [0.3, 0.4) is 0 Å². The number of aromatic nitrogens is 4. The molecule has 1 unspecified atom stereocenters. The predicted molar refractivity (Wildman–Crippen MR) is 119 cm³/mol. The van der Waals surface area contributed by atoms with Gasteiger partial charge in [-0.2, -0.15) is 0 Å². The van der Waals surface area contributed by atoms with Crippen LogP contribution in [0.25, 0.3) is 16.4 Å². The van der Waals surface area contributed by atoms with Gasteiger partial charge in [-0.1, -0.05) is 47.1 Å². The number of hydrogen-bond acceptors (Lipinski definition) is 5. The van der Waals surface area contributed by atoms with E-state index in [1.165, 1.54) is 11.3 Å². The van der Waals surface area contributed by atoms with Crippen molar-refractivity contribution in [2.24, 2.45) is 0 Å². The van der Waals surface area contributed by atoms with E-state index in [-0.39, 0.29) is 11.9 Å². The molecule has 2 aromatic heterocycles. The lowest BCUT2D eigenvalue weighted by Gasteiger charge is -2.13. The van der Waals surface area contributed by atoms with E-state index >= 15 is 0 Å². The first kappa shape index (κ1) is 20.3. The largest absolute Gasteiger partial charge is 0.345 e. The molecule has 30 heavy (non-hydrogen) atoms. The van der Waals surface area contributed by atoms with Crippen LogP contribution in [0.1, 0.15) is 39.6 Å². The highest BCUT2D eigenvalue weighted by molar-refractivity contribution is 7.17. The van der Waals surface area contributed by atoms with Crippen LogP contribution < -0.4 is 5.32 Å². The number of benzene rings is 2. The van der Waals surface area contributed by atoms with E-state index in [4.69, 9.17) is 11.6 Å². The molecule has 0 fully saturated rings. The average molecular weight is 438 g/mol. The van der Waals surface area contributed by atoms with Gasteiger partial charge in [-0.3, -0.25) is 4.79 Å². The van der Waals surface area contributed by atoms with Crippen LogP contribution in [0, 0.1) is 13.8 Å². The number of carbonyl (C=O) groups excluding carboxylic acids is 1. The van der Waals surface area contributed by atoms with Crippen LogP contribution in [0.2, 0.25) is 5.02 Å². The summed E-state index contributed by atoms with van der Waals surface area (Å²) in [5, 5.41) is 12.9. The average Bonchev–Trinajstić information content (AvgIpc) is 3.32. The van der Waals surface area contributed by atoms with Crippen LogP contribution in [0.15, 0.2) is 54.6 Å². The number of nitrogens with one attached hydrogen (secondary N) is 1. The summed E-state index contributed by atoms with van der Waals surface area (Å²) in [5.74, 6) is -0.143. The molecule has 0 bridgehead atoms. The molecule has 0 aliphatic carbocycles. The van der Waals surface area contributed by atoms with Crippen LogP contribution in [0.5, 0.6) is 0 Å². The summed E-state index contributed by atoms with van der Waals surface area (Å²) in [6.45, 7) is 5.73. The van der Waals surface area contributed by atoms with E-state index in [1.54, 1.807) is 4.68 Å². The van der Waals surface area contributed by atoms with Gasteiger partial charge in [-0.25, -0.2) is 9.67 Å². The van der Waals surface area contributed by atoms with E-state index in [0.29, 0.717) is 26.3 Å². The fraction of sp³-hybridized carbons (Fsp3) is 0.182. The number of aryl methyl sites for hydroxylation is 1. The van der Waals surface area contributed by atoms with Crippen LogP contribution in [-0.4, -0.2) is 25.9 Å². The molecule has 152 valence electrons. The summed E-state index contributed by atoms with van der Waals surface area (Å²) >= 11 is 7.30. The molecule has 1 N–H and O–H groups in total. The highest BCUT2D eigenvalue weighted by atomic mass is 35.5. The van der Waals surface area contributed by atoms with Gasteiger partial charge in [0.25, 0.3) is 5.91 Å². The number of thiazole rings is 1. The molecule has 0 saturated carbocycles. The molecule has 2 aromatic carbocycles. The standard InChI is InChI=1S/C22H20ClN5OS/c1-13(16-7-5-4-6-8-16)24-21(29)20-14(2)25-22(30-20)19-15(3)28(27-26-19)18-11-9-17(23)10-12-18/h4-13H,1-3H3,(H,24,29). The Bertz CT molecular complexity index is 1180. The zero-order valence-corrected chi connectivity index (χ0v) is 18.3. The van der Waals surface area contributed by atoms with Crippen molar-refractivity contribution in [1.82, 2.24) is 25.3 Å². The van der Waals surface area contributed by atoms with E-state index in [9.17, 15) is 4.79 Å². The summed E-state index contributed by atoms with van der Waals surface area (Å²) in [5.41, 5.74) is 4.09. The Hall–Kier alpha value is -3.03. The van der Waals surface area contributed by atoms with Gasteiger partial charge < -0.3 is 5.32 Å². The first-order valence-corrected chi connectivity index (χ1v) is 10.7. The van der Waals surface area contributed by atoms with Gasteiger partial charge in [0.05, 0.1) is 23.1 Å². The first-order valence-electron chi connectivity index (χ1n) is 9.46. The highest BCUT2D eigenvalue weighted by Gasteiger charge is 2.22. The molecule has 2 heterocycles. The number of hydrogen-bond donors (Lipinski definition) is 1. The minimum absolute atomic E-state index is 0.101. The van der Waals surface area contributed by atoms with Gasteiger partial charge in [-0.15, -0.1) is 16.4 Å². The molecule has 0 spiro atoms. The van der Waals surface area contributed by atoms with Crippen molar-refractivity contribution in [2.75, 3.05) is 0 Å². The minimum Gasteiger partial charge on any atom is -0.345 e. The van der Waals surface area contributed by atoms with Gasteiger partial charge in [0.2, 0.25) is 0 Å². The lowest BCUT2D eigenvalue weighted by molar-refractivity contribution is 0.0943. The Morgan fingerprint density at radius 1 is 1.10 bits per heavy atom. The topological polar surface area (TPSA) is 72.7 Å². The fourth-order valence-corrected chi connectivity index (χ4v) is 4.28. The van der Waals surface area contributed by atoms with E-state index < -0.39 is 0 Å². The normalized spacial score (nSPS) is 12.0. The van der Waals surface area contributed by atoms with Gasteiger partial charge in [-0.05, 0) is 50.6 Å². The number of amides is 1. The van der Waals surface area contributed by atoms with E-state index in [0.717, 1.165) is 16.9 Å². The van der Waals surface area contributed by atoms with Crippen molar-refractivity contribution >= 4 is 28.8 Å². The van der Waals surface area contributed by atoms with Gasteiger partial charge in [0, 0.05) is 5.02 Å². The van der Waals surface area contributed by atoms with E-state index in [2.05, 4.69) is 20.6 Å². The Morgan fingerprint density at radius 3 is 2.50 bits per heavy atom. The lowest BCUT2D eigenvalue weighted by Crippen LogP contribution is -2.26. The van der Waals surface area contributed by atoms with Gasteiger partial charge in [0.1, 0.15) is 15.6 Å². The molecular formula is C22H20ClN5OS. The van der Waals surface area contributed by atoms with Crippen molar-refractivity contribution in [3.8, 4) is 16.4 Å². The third kappa shape index (κ3) is 3.99. The molecule has 0 radical (unpaired) electrons. The molecule has 0 aliphatic heterocycles. The highest BCUT2D eigenvalue weighted by Crippen LogP contribution is 2.30. The second-order valence-electron chi connectivity index (χ2n) is 6.95. The maximum absolute atomic E-state index is 12.8. The SMILES string of the molecule is Cc1nc(-c2nnn(-c3ccc(Cl)cc3)c2C)sc1C(=O)NC(C)c1ccccc1. The molecule has 1 atom stereocenters. The summed E-state index contributed by atoms with van der Waals surface area (Å²) in [6.07, 6.45) is 0. The second-order valence-corrected chi connectivity index (χ2v) is 8.39. The Labute approximate surface area is 183 Å². The predicted octanol–water partition coefficient (Wildman–Crippen LogP) is 5.15. The van der Waals surface area contributed by atoms with Crippen LogP contribution in [-0.2, 0) is 0 Å². The van der Waals surface area contributed by atoms with Crippen molar-refractivity contribution < 1.29 is 4.79 Å². The summed E-state index contributed by atoms with van der Waals surface area (Å²) in [7, 11) is 0. The monoisotopic (exact) mass is 437 g/mol. The lowest BCUT2D eigenvalue weighted by atomic mass is 10.1. The van der Waals surface area contributed by atoms with Crippen LogP contribution >= 0.6 is 22.9 Å². The molecule has 1 amide bonds. The number of nitrogens with zero attached hydrogens (tertiary/aromatic N) is 4. The Balaban J connectivity index is 1.58. The van der Waals surface area contributed by atoms with Crippen molar-refractivity contribution in [2.45, 2.75) is 26.8 Å². The molecule has 4 aromatic rings. The smallest absolute Gasteiger partial charge is 0.263 e. The zero-order chi connectivity index (χ0) is 21.3. The van der Waals surface area contributed by atoms with Crippen LogP contribution in [0.4, 0.5) is 0 Å². The van der Waals surface area contributed by atoms with Crippen molar-refractivity contribution in [3.05, 3.63) is 81.4 Å². The number of rotatable bonds is 5. The summed E-state index contributed by atoms with van der Waals surface area (Å²) in [4.78, 5) is 18.0. The second kappa shape index (κ2) is 8.38. The summed E-state index contributed by atoms with van der Waals surface area (Å²) < 4.78 is 1.74. The van der Waals surface area contributed by atoms with Crippen molar-refractivity contribution in [3.63, 3.8) is 0 Å². The fourth-order valence-electron chi connectivity index (χ4n) is 3.15. The molecule has 0 aliphatic rings. The van der Waals surface area contributed by atoms with E-state index in [1.807, 2.05) is 75.4 Å². The maximum Gasteiger partial charge on any atom is 0.263 e. The van der Waals surface area contributed by atoms with Gasteiger partial charge >= 0.3 is 0 Å². The maximum atomic E-state index is 12.8. The molecule has 8 heteroatoms.